The Balaban J connectivity index is 1.72. The Bertz CT molecular complexity index is 546. The molecule has 0 bridgehead atoms. The van der Waals surface area contributed by atoms with Crippen molar-refractivity contribution < 1.29 is 14.3 Å². The molecule has 0 radical (unpaired) electrons. The quantitative estimate of drug-likeness (QED) is 0.827. The number of rotatable bonds is 2. The van der Waals surface area contributed by atoms with Gasteiger partial charge in [-0.05, 0) is 24.7 Å². The summed E-state index contributed by atoms with van der Waals surface area (Å²) in [6, 6.07) is 8.45. The molecule has 3 rings (SSSR count). The lowest BCUT2D eigenvalue weighted by Gasteiger charge is -2.42. The topological polar surface area (TPSA) is 45.3 Å². The van der Waals surface area contributed by atoms with Crippen LogP contribution >= 0.6 is 0 Å². The molecule has 0 saturated carbocycles. The first-order chi connectivity index (χ1) is 11.2. The van der Waals surface area contributed by atoms with Gasteiger partial charge in [0, 0.05) is 32.7 Å². The molecule has 0 aliphatic carbocycles. The van der Waals surface area contributed by atoms with Crippen molar-refractivity contribution in [3.05, 3.63) is 29.8 Å². The number of amides is 2. The largest absolute Gasteiger partial charge is 0.497 e. The standard InChI is InChI=1S/C17H25N3O3/c1-18-6-7-20(17(21)19-8-10-23-11-9-19)13-16(18)14-4-3-5-15(12-14)22-2/h3-5,12,16H,6-11,13H2,1-2H3. The molecule has 2 aliphatic heterocycles. The molecule has 2 heterocycles. The summed E-state index contributed by atoms with van der Waals surface area (Å²) in [6.07, 6.45) is 0. The van der Waals surface area contributed by atoms with Crippen molar-refractivity contribution in [2.45, 2.75) is 6.04 Å². The van der Waals surface area contributed by atoms with E-state index in [1.54, 1.807) is 7.11 Å². The summed E-state index contributed by atoms with van der Waals surface area (Å²) < 4.78 is 10.7. The van der Waals surface area contributed by atoms with Gasteiger partial charge in [-0.25, -0.2) is 4.79 Å². The zero-order valence-corrected chi connectivity index (χ0v) is 13.9. The van der Waals surface area contributed by atoms with Crippen LogP contribution in [0.15, 0.2) is 24.3 Å². The molecule has 6 heteroatoms. The van der Waals surface area contributed by atoms with E-state index in [4.69, 9.17) is 9.47 Å². The molecule has 23 heavy (non-hydrogen) atoms. The Morgan fingerprint density at radius 2 is 1.96 bits per heavy atom. The SMILES string of the molecule is COc1cccc(C2CN(C(=O)N3CCOCC3)CCN2C)c1. The predicted molar refractivity (Wildman–Crippen MR) is 87.7 cm³/mol. The average molecular weight is 319 g/mol. The van der Waals surface area contributed by atoms with Crippen LogP contribution in [0.2, 0.25) is 0 Å². The second-order valence-corrected chi connectivity index (χ2v) is 6.10. The molecule has 2 aliphatic rings. The van der Waals surface area contributed by atoms with Crippen LogP contribution in [0.3, 0.4) is 0 Å². The average Bonchev–Trinajstić information content (AvgIpc) is 2.62. The van der Waals surface area contributed by atoms with Crippen LogP contribution in [0.1, 0.15) is 11.6 Å². The monoisotopic (exact) mass is 319 g/mol. The van der Waals surface area contributed by atoms with Crippen molar-refractivity contribution >= 4 is 6.03 Å². The molecular weight excluding hydrogens is 294 g/mol. The summed E-state index contributed by atoms with van der Waals surface area (Å²) in [7, 11) is 3.79. The highest BCUT2D eigenvalue weighted by atomic mass is 16.5. The molecule has 2 saturated heterocycles. The maximum atomic E-state index is 12.7. The van der Waals surface area contributed by atoms with E-state index in [0.29, 0.717) is 32.8 Å². The first-order valence-electron chi connectivity index (χ1n) is 8.15. The fourth-order valence-electron chi connectivity index (χ4n) is 3.21. The molecule has 0 aromatic heterocycles. The third-order valence-corrected chi connectivity index (χ3v) is 4.68. The van der Waals surface area contributed by atoms with Crippen molar-refractivity contribution in [3.63, 3.8) is 0 Å². The lowest BCUT2D eigenvalue weighted by atomic mass is 10.0. The summed E-state index contributed by atoms with van der Waals surface area (Å²) in [5.41, 5.74) is 1.19. The molecule has 0 N–H and O–H groups in total. The minimum atomic E-state index is 0.134. The molecule has 1 atom stereocenters. The highest BCUT2D eigenvalue weighted by Crippen LogP contribution is 2.27. The van der Waals surface area contributed by atoms with Gasteiger partial charge in [-0.15, -0.1) is 0 Å². The lowest BCUT2D eigenvalue weighted by Crippen LogP contribution is -2.54. The van der Waals surface area contributed by atoms with Crippen molar-refractivity contribution in [2.75, 3.05) is 60.1 Å². The number of likely N-dealkylation sites (N-methyl/N-ethyl adjacent to an activating group) is 1. The van der Waals surface area contributed by atoms with E-state index >= 15 is 0 Å². The highest BCUT2D eigenvalue weighted by molar-refractivity contribution is 5.74. The van der Waals surface area contributed by atoms with Crippen LogP contribution in [-0.2, 0) is 4.74 Å². The minimum absolute atomic E-state index is 0.134. The first kappa shape index (κ1) is 16.1. The van der Waals surface area contributed by atoms with E-state index in [1.165, 1.54) is 5.56 Å². The lowest BCUT2D eigenvalue weighted by molar-refractivity contribution is 0.0330. The van der Waals surface area contributed by atoms with E-state index in [1.807, 2.05) is 21.9 Å². The predicted octanol–water partition coefficient (Wildman–Crippen LogP) is 1.44. The molecule has 0 spiro atoms. The third kappa shape index (κ3) is 3.59. The maximum absolute atomic E-state index is 12.7. The summed E-state index contributed by atoms with van der Waals surface area (Å²) >= 11 is 0. The molecule has 1 aromatic carbocycles. The van der Waals surface area contributed by atoms with Crippen LogP contribution < -0.4 is 4.74 Å². The fourth-order valence-corrected chi connectivity index (χ4v) is 3.21. The number of carbonyl (C=O) groups is 1. The van der Waals surface area contributed by atoms with E-state index < -0.39 is 0 Å². The fraction of sp³-hybridized carbons (Fsp3) is 0.588. The number of benzene rings is 1. The van der Waals surface area contributed by atoms with Gasteiger partial charge >= 0.3 is 6.03 Å². The van der Waals surface area contributed by atoms with Crippen LogP contribution in [0.4, 0.5) is 4.79 Å². The van der Waals surface area contributed by atoms with Crippen molar-refractivity contribution in [1.29, 1.82) is 0 Å². The van der Waals surface area contributed by atoms with Crippen molar-refractivity contribution in [2.24, 2.45) is 0 Å². The van der Waals surface area contributed by atoms with Gasteiger partial charge in [0.05, 0.1) is 26.4 Å². The van der Waals surface area contributed by atoms with Crippen LogP contribution in [0.25, 0.3) is 0 Å². The van der Waals surface area contributed by atoms with E-state index in [2.05, 4.69) is 24.1 Å². The molecule has 126 valence electrons. The van der Waals surface area contributed by atoms with Gasteiger partial charge in [-0.3, -0.25) is 4.90 Å². The normalized spacial score (nSPS) is 23.0. The summed E-state index contributed by atoms with van der Waals surface area (Å²) in [6.45, 7) is 5.01. The van der Waals surface area contributed by atoms with Crippen molar-refractivity contribution in [3.8, 4) is 5.75 Å². The Morgan fingerprint density at radius 1 is 1.17 bits per heavy atom. The summed E-state index contributed by atoms with van der Waals surface area (Å²) in [5.74, 6) is 0.854. The minimum Gasteiger partial charge on any atom is -0.497 e. The molecule has 6 nitrogen and oxygen atoms in total. The van der Waals surface area contributed by atoms with Crippen LogP contribution in [0, 0.1) is 0 Å². The van der Waals surface area contributed by atoms with Gasteiger partial charge in [-0.1, -0.05) is 12.1 Å². The smallest absolute Gasteiger partial charge is 0.320 e. The van der Waals surface area contributed by atoms with Gasteiger partial charge < -0.3 is 19.3 Å². The molecule has 2 amide bonds. The summed E-state index contributed by atoms with van der Waals surface area (Å²) in [4.78, 5) is 18.9. The zero-order valence-electron chi connectivity index (χ0n) is 13.9. The van der Waals surface area contributed by atoms with Crippen LogP contribution in [0.5, 0.6) is 5.75 Å². The summed E-state index contributed by atoms with van der Waals surface area (Å²) in [5, 5.41) is 0. The van der Waals surface area contributed by atoms with E-state index in [-0.39, 0.29) is 12.1 Å². The van der Waals surface area contributed by atoms with Crippen LogP contribution in [-0.4, -0.2) is 80.8 Å². The Morgan fingerprint density at radius 3 is 2.70 bits per heavy atom. The maximum Gasteiger partial charge on any atom is 0.320 e. The third-order valence-electron chi connectivity index (χ3n) is 4.68. The van der Waals surface area contributed by atoms with Gasteiger partial charge in [0.2, 0.25) is 0 Å². The number of morpholine rings is 1. The van der Waals surface area contributed by atoms with E-state index in [9.17, 15) is 4.79 Å². The Hall–Kier alpha value is -1.79. The Kier molecular flexibility index (Phi) is 5.03. The number of urea groups is 1. The number of hydrogen-bond acceptors (Lipinski definition) is 4. The Labute approximate surface area is 137 Å². The second kappa shape index (κ2) is 7.19. The number of ether oxygens (including phenoxy) is 2. The molecular formula is C17H25N3O3. The van der Waals surface area contributed by atoms with Gasteiger partial charge in [-0.2, -0.15) is 0 Å². The van der Waals surface area contributed by atoms with Crippen molar-refractivity contribution in [1.82, 2.24) is 14.7 Å². The number of carbonyl (C=O) groups excluding carboxylic acids is 1. The number of hydrogen-bond donors (Lipinski definition) is 0. The molecule has 1 aromatic rings. The second-order valence-electron chi connectivity index (χ2n) is 6.10. The number of methoxy groups -OCH3 is 1. The van der Waals surface area contributed by atoms with Gasteiger partial charge in [0.1, 0.15) is 5.75 Å². The number of piperazine rings is 1. The zero-order chi connectivity index (χ0) is 16.2. The molecule has 1 unspecified atom stereocenters. The van der Waals surface area contributed by atoms with Gasteiger partial charge in [0.15, 0.2) is 0 Å². The molecule has 2 fully saturated rings. The van der Waals surface area contributed by atoms with E-state index in [0.717, 1.165) is 18.8 Å². The van der Waals surface area contributed by atoms with Gasteiger partial charge in [0.25, 0.3) is 0 Å². The number of nitrogens with zero attached hydrogens (tertiary/aromatic N) is 3. The first-order valence-corrected chi connectivity index (χ1v) is 8.15. The highest BCUT2D eigenvalue weighted by Gasteiger charge is 2.31.